The third-order valence-corrected chi connectivity index (χ3v) is 1.42. The van der Waals surface area contributed by atoms with Crippen molar-refractivity contribution >= 4 is 162 Å². The minimum absolute atomic E-state index is 0. The van der Waals surface area contributed by atoms with E-state index in [-0.39, 0.29) is 160 Å². The fraction of sp³-hybridized carbons (Fsp3) is 0. The molecule has 1 aromatic rings. The molecule has 0 aliphatic carbocycles. The Labute approximate surface area is 210 Å². The first kappa shape index (κ1) is 23.2. The van der Waals surface area contributed by atoms with Crippen molar-refractivity contribution in [3.8, 4) is 5.75 Å². The Kier molecular flexibility index (Phi) is 20.1. The van der Waals surface area contributed by atoms with Crippen molar-refractivity contribution in [2.24, 2.45) is 0 Å². The molecule has 0 atom stereocenters. The second-order valence-electron chi connectivity index (χ2n) is 1.89. The van der Waals surface area contributed by atoms with Gasteiger partial charge >= 0.3 is 162 Å². The summed E-state index contributed by atoms with van der Waals surface area (Å²) in [6.45, 7) is 0. The van der Waals surface area contributed by atoms with Gasteiger partial charge in [0.1, 0.15) is 5.75 Å². The normalized spacial score (nSPS) is 8.71. The molecule has 0 radical (unpaired) electrons. The van der Waals surface area contributed by atoms with Gasteiger partial charge in [0.2, 0.25) is 0 Å². The molecule has 0 fully saturated rings. The Bertz CT molecular complexity index is 276. The Morgan fingerprint density at radius 3 is 1.79 bits per heavy atom. The van der Waals surface area contributed by atoms with Crippen LogP contribution in [0.3, 0.4) is 0 Å². The monoisotopic (exact) mass is 294 g/mol. The van der Waals surface area contributed by atoms with E-state index in [1.807, 2.05) is 0 Å². The third kappa shape index (κ3) is 12.5. The fourth-order valence-corrected chi connectivity index (χ4v) is 1.02. The molecule has 1 aromatic carbocycles. The quantitative estimate of drug-likeness (QED) is 0.554. The van der Waals surface area contributed by atoms with Gasteiger partial charge in [-0.25, -0.2) is 4.57 Å². The first-order valence-electron chi connectivity index (χ1n) is 2.88. The minimum atomic E-state index is -4.39. The first-order chi connectivity index (χ1) is 5.08. The van der Waals surface area contributed by atoms with Gasteiger partial charge in [-0.1, -0.05) is 18.2 Å². The average Bonchev–Trinajstić information content (AvgIpc) is 1.85. The van der Waals surface area contributed by atoms with Gasteiger partial charge in [-0.05, 0) is 12.1 Å². The molecule has 4 nitrogen and oxygen atoms in total. The summed E-state index contributed by atoms with van der Waals surface area (Å²) in [7, 11) is -4.39. The molecule has 14 heavy (non-hydrogen) atoms. The van der Waals surface area contributed by atoms with E-state index in [0.717, 1.165) is 0 Å². The van der Waals surface area contributed by atoms with Crippen LogP contribution in [0, 0.1) is 0 Å². The predicted molar refractivity (Wildman–Crippen MR) is 60.6 cm³/mol. The van der Waals surface area contributed by atoms with E-state index < -0.39 is 7.82 Å². The average molecular weight is 294 g/mol. The molecule has 0 amide bonds. The van der Waals surface area contributed by atoms with Crippen molar-refractivity contribution in [2.75, 3.05) is 0 Å². The van der Waals surface area contributed by atoms with Crippen LogP contribution in [0.15, 0.2) is 30.3 Å². The predicted octanol–water partition coefficient (Wildman–Crippen LogP) is -0.787. The van der Waals surface area contributed by atoms with E-state index in [1.165, 1.54) is 12.1 Å². The van der Waals surface area contributed by atoms with Gasteiger partial charge in [0, 0.05) is 0 Å². The van der Waals surface area contributed by atoms with Gasteiger partial charge < -0.3 is 4.52 Å². The first-order valence-corrected chi connectivity index (χ1v) is 4.41. The molecule has 0 spiro atoms. The van der Waals surface area contributed by atoms with E-state index in [0.29, 0.717) is 0 Å². The Morgan fingerprint density at radius 2 is 1.43 bits per heavy atom. The van der Waals surface area contributed by atoms with Crippen molar-refractivity contribution in [2.45, 2.75) is 0 Å². The number of hydrogen-bond acceptors (Lipinski definition) is 2. The second-order valence-corrected chi connectivity index (χ2v) is 3.06. The van der Waals surface area contributed by atoms with E-state index in [2.05, 4.69) is 4.52 Å². The van der Waals surface area contributed by atoms with Crippen LogP contribution in [0.4, 0.5) is 0 Å². The Balaban J connectivity index is -0.000000403. The van der Waals surface area contributed by atoms with Gasteiger partial charge in [-0.3, -0.25) is 9.79 Å². The Hall–Kier alpha value is 4.08. The van der Waals surface area contributed by atoms with Gasteiger partial charge in [-0.15, -0.1) is 0 Å². The summed E-state index contributed by atoms with van der Waals surface area (Å²) in [5.41, 5.74) is 0. The van der Waals surface area contributed by atoms with Gasteiger partial charge in [0.25, 0.3) is 0 Å². The van der Waals surface area contributed by atoms with Crippen molar-refractivity contribution in [3.05, 3.63) is 30.3 Å². The van der Waals surface area contributed by atoms with Crippen molar-refractivity contribution in [1.29, 1.82) is 0 Å². The van der Waals surface area contributed by atoms with Crippen molar-refractivity contribution in [3.63, 3.8) is 0 Å². The topological polar surface area (TPSA) is 66.8 Å². The van der Waals surface area contributed by atoms with Crippen LogP contribution in [0.1, 0.15) is 0 Å². The number of para-hydroxylation sites is 1. The maximum atomic E-state index is 10.3. The molecule has 0 saturated carbocycles. The van der Waals surface area contributed by atoms with E-state index >= 15 is 0 Å². The summed E-state index contributed by atoms with van der Waals surface area (Å²) in [6.07, 6.45) is 0. The molecule has 0 unspecified atom stereocenters. The van der Waals surface area contributed by atoms with E-state index in [1.54, 1.807) is 18.2 Å². The number of hydrogen-bond donors (Lipinski definition) is 2. The van der Waals surface area contributed by atoms with Crippen LogP contribution in [-0.4, -0.2) is 164 Å². The van der Waals surface area contributed by atoms with Crippen molar-refractivity contribution in [1.82, 2.24) is 0 Å². The molecule has 66 valence electrons. The SMILES string of the molecule is O=P(O)(O)Oc1ccccc1.[KH].[KH].[KH]. The van der Waals surface area contributed by atoms with Crippen LogP contribution in [0.25, 0.3) is 0 Å². The van der Waals surface area contributed by atoms with Crippen LogP contribution >= 0.6 is 7.82 Å². The number of phosphoric acid groups is 1. The van der Waals surface area contributed by atoms with E-state index in [9.17, 15) is 4.57 Å². The number of rotatable bonds is 2. The fourth-order valence-electron chi connectivity index (χ4n) is 0.619. The molecule has 0 aliphatic rings. The molecule has 1 rings (SSSR count). The molecule has 0 aliphatic heterocycles. The summed E-state index contributed by atoms with van der Waals surface area (Å²) in [5, 5.41) is 0. The van der Waals surface area contributed by atoms with Gasteiger partial charge in [0.15, 0.2) is 0 Å². The molecule has 0 aromatic heterocycles. The summed E-state index contributed by atoms with van der Waals surface area (Å²) >= 11 is 0. The summed E-state index contributed by atoms with van der Waals surface area (Å²) in [5.74, 6) is 0.167. The van der Waals surface area contributed by atoms with Crippen LogP contribution in [0.5, 0.6) is 5.75 Å². The molecule has 0 heterocycles. The molecule has 0 saturated heterocycles. The Morgan fingerprint density at radius 1 is 1.00 bits per heavy atom. The molecule has 8 heteroatoms. The van der Waals surface area contributed by atoms with E-state index in [4.69, 9.17) is 9.79 Å². The van der Waals surface area contributed by atoms with Gasteiger partial charge in [-0.2, -0.15) is 0 Å². The summed E-state index contributed by atoms with van der Waals surface area (Å²) < 4.78 is 14.5. The zero-order chi connectivity index (χ0) is 8.32. The summed E-state index contributed by atoms with van der Waals surface area (Å²) in [4.78, 5) is 16.7. The number of benzene rings is 1. The molecule has 2 N–H and O–H groups in total. The maximum absolute atomic E-state index is 10.3. The summed E-state index contributed by atoms with van der Waals surface area (Å²) in [6, 6.07) is 7.93. The zero-order valence-electron chi connectivity index (χ0n) is 5.54. The third-order valence-electron chi connectivity index (χ3n) is 0.968. The molecular weight excluding hydrogens is 284 g/mol. The van der Waals surface area contributed by atoms with Gasteiger partial charge in [0.05, 0.1) is 0 Å². The van der Waals surface area contributed by atoms with Crippen LogP contribution in [-0.2, 0) is 4.57 Å². The zero-order valence-corrected chi connectivity index (χ0v) is 6.44. The van der Waals surface area contributed by atoms with Crippen LogP contribution in [0.2, 0.25) is 0 Å². The molecule has 0 bridgehead atoms. The standard InChI is InChI=1S/C6H7O4P.3K.3H/c7-11(8,9)10-6-4-2-1-3-5-6;;;;;;/h1-5H,(H2,7,8,9);;;;;;. The van der Waals surface area contributed by atoms with Crippen LogP contribution < -0.4 is 4.52 Å². The molecular formula is C6H10K3O4P. The van der Waals surface area contributed by atoms with Crippen molar-refractivity contribution < 1.29 is 18.9 Å². The number of phosphoric ester groups is 1. The second kappa shape index (κ2) is 12.1.